The number of hydrogen-bond acceptors (Lipinski definition) is 6. The average Bonchev–Trinajstić information content (AvgIpc) is 2.12. The Kier molecular flexibility index (Phi) is 6.37. The van der Waals surface area contributed by atoms with Crippen molar-refractivity contribution < 1.29 is 18.6 Å². The van der Waals surface area contributed by atoms with Crippen molar-refractivity contribution in [3.8, 4) is 0 Å². The maximum atomic E-state index is 11.4. The molecule has 0 amide bonds. The molecule has 0 saturated carbocycles. The van der Waals surface area contributed by atoms with E-state index in [0.29, 0.717) is 0 Å². The second-order valence-electron chi connectivity index (χ2n) is 3.67. The third-order valence-electron chi connectivity index (χ3n) is 1.21. The molecule has 0 aromatic heterocycles. The minimum absolute atomic E-state index is 0.149. The molecule has 0 heterocycles. The van der Waals surface area contributed by atoms with Crippen LogP contribution in [0.5, 0.6) is 0 Å². The van der Waals surface area contributed by atoms with Gasteiger partial charge in [0.1, 0.15) is 11.4 Å². The molecule has 90 valence electrons. The van der Waals surface area contributed by atoms with E-state index in [-0.39, 0.29) is 11.7 Å². The number of carbonyl (C=O) groups is 1. The molecule has 0 atom stereocenters. The van der Waals surface area contributed by atoms with Crippen LogP contribution in [0.4, 0.5) is 0 Å². The average molecular weight is 272 g/mol. The molecule has 0 N–H and O–H groups in total. The van der Waals surface area contributed by atoms with Crippen molar-refractivity contribution in [1.29, 1.82) is 0 Å². The molecule has 0 spiro atoms. The fourth-order valence-electron chi connectivity index (χ4n) is 0.683. The summed E-state index contributed by atoms with van der Waals surface area (Å²) >= 11 is 6.27. The zero-order valence-corrected chi connectivity index (χ0v) is 12.1. The summed E-state index contributed by atoms with van der Waals surface area (Å²) < 4.78 is 15.2. The lowest BCUT2D eigenvalue weighted by Crippen LogP contribution is -2.24. The molecule has 7 heteroatoms. The molecule has 0 aromatic rings. The molecule has 0 aromatic carbocycles. The van der Waals surface area contributed by atoms with Crippen LogP contribution in [0.1, 0.15) is 20.8 Å². The van der Waals surface area contributed by atoms with E-state index in [1.165, 1.54) is 25.6 Å². The normalized spacial score (nSPS) is 12.6. The summed E-state index contributed by atoms with van der Waals surface area (Å²) in [5, 5.41) is 0. The Balaban J connectivity index is 4.06. The third-order valence-corrected chi connectivity index (χ3v) is 6.86. The molecule has 0 saturated heterocycles. The number of rotatable bonds is 5. The van der Waals surface area contributed by atoms with Crippen LogP contribution in [0.3, 0.4) is 0 Å². The van der Waals surface area contributed by atoms with Gasteiger partial charge in [-0.1, -0.05) is 11.4 Å². The maximum Gasteiger partial charge on any atom is 0.316 e. The predicted octanol–water partition coefficient (Wildman–Crippen LogP) is 2.58. The molecule has 0 aliphatic heterocycles. The van der Waals surface area contributed by atoms with Crippen LogP contribution >= 0.6 is 17.1 Å². The second kappa shape index (κ2) is 6.21. The smallest absolute Gasteiger partial charge is 0.316 e. The molecule has 0 aliphatic carbocycles. The number of esters is 1. The first-order valence-corrected chi connectivity index (χ1v) is 8.53. The van der Waals surface area contributed by atoms with E-state index < -0.39 is 11.3 Å². The zero-order valence-electron chi connectivity index (χ0n) is 9.60. The van der Waals surface area contributed by atoms with Crippen LogP contribution < -0.4 is 0 Å². The fraction of sp³-hybridized carbons (Fsp3) is 0.875. The highest BCUT2D eigenvalue weighted by molar-refractivity contribution is 8.68. The standard InChI is InChI=1S/C8H17O4PS2/c1-8(2,3)12-7(9)6-15-13(14,10-4)11-5/h6H2,1-5H3. The van der Waals surface area contributed by atoms with Crippen LogP contribution in [0.25, 0.3) is 0 Å². The van der Waals surface area contributed by atoms with Crippen LogP contribution in [0.15, 0.2) is 0 Å². The molecule has 0 aliphatic rings. The highest BCUT2D eigenvalue weighted by Crippen LogP contribution is 2.59. The molecule has 15 heavy (non-hydrogen) atoms. The van der Waals surface area contributed by atoms with E-state index in [2.05, 4.69) is 0 Å². The molecule has 0 fully saturated rings. The SMILES string of the molecule is COP(=S)(OC)SCC(=O)OC(C)(C)C. The summed E-state index contributed by atoms with van der Waals surface area (Å²) in [5.74, 6) is -0.160. The summed E-state index contributed by atoms with van der Waals surface area (Å²) in [7, 11) is 2.96. The van der Waals surface area contributed by atoms with Gasteiger partial charge in [0.25, 0.3) is 0 Å². The van der Waals surface area contributed by atoms with E-state index >= 15 is 0 Å². The summed E-state index contributed by atoms with van der Waals surface area (Å²) in [5.41, 5.74) is -2.82. The van der Waals surface area contributed by atoms with E-state index in [1.807, 2.05) is 20.8 Å². The zero-order chi connectivity index (χ0) is 12.1. The Bertz CT molecular complexity index is 254. The van der Waals surface area contributed by atoms with E-state index in [4.69, 9.17) is 25.6 Å². The summed E-state index contributed by atoms with van der Waals surface area (Å²) in [6.45, 7) is 5.45. The van der Waals surface area contributed by atoms with Gasteiger partial charge in [0.2, 0.25) is 5.69 Å². The van der Waals surface area contributed by atoms with Crippen LogP contribution in [0, 0.1) is 0 Å². The Morgan fingerprint density at radius 1 is 1.33 bits per heavy atom. The van der Waals surface area contributed by atoms with Gasteiger partial charge in [0.05, 0.1) is 0 Å². The van der Waals surface area contributed by atoms with Crippen LogP contribution in [-0.2, 0) is 30.4 Å². The monoisotopic (exact) mass is 272 g/mol. The third kappa shape index (κ3) is 7.30. The van der Waals surface area contributed by atoms with Crippen LogP contribution in [-0.4, -0.2) is 31.5 Å². The van der Waals surface area contributed by atoms with Gasteiger partial charge in [0.15, 0.2) is 0 Å². The highest BCUT2D eigenvalue weighted by atomic mass is 32.9. The Morgan fingerprint density at radius 3 is 2.13 bits per heavy atom. The van der Waals surface area contributed by atoms with Gasteiger partial charge in [-0.25, -0.2) is 0 Å². The van der Waals surface area contributed by atoms with Crippen molar-refractivity contribution in [3.05, 3.63) is 0 Å². The Morgan fingerprint density at radius 2 is 1.80 bits per heavy atom. The van der Waals surface area contributed by atoms with Gasteiger partial charge in [-0.15, -0.1) is 0 Å². The van der Waals surface area contributed by atoms with Crippen LogP contribution in [0.2, 0.25) is 0 Å². The summed E-state index contributed by atoms with van der Waals surface area (Å²) in [4.78, 5) is 11.4. The molecule has 0 unspecified atom stereocenters. The van der Waals surface area contributed by atoms with Gasteiger partial charge in [-0.3, -0.25) is 4.79 Å². The van der Waals surface area contributed by atoms with Crippen molar-refractivity contribution in [1.82, 2.24) is 0 Å². The Hall–Kier alpha value is 0.390. The van der Waals surface area contributed by atoms with Gasteiger partial charge in [0, 0.05) is 14.2 Å². The molecule has 0 bridgehead atoms. The van der Waals surface area contributed by atoms with E-state index in [1.54, 1.807) is 0 Å². The van der Waals surface area contributed by atoms with Crippen molar-refractivity contribution >= 4 is 34.9 Å². The molecule has 0 radical (unpaired) electrons. The minimum atomic E-state index is -2.35. The van der Waals surface area contributed by atoms with Gasteiger partial charge >= 0.3 is 5.97 Å². The summed E-state index contributed by atoms with van der Waals surface area (Å²) in [6.07, 6.45) is 0. The number of carbonyl (C=O) groups excluding carboxylic acids is 1. The first-order chi connectivity index (χ1) is 6.72. The van der Waals surface area contributed by atoms with Crippen molar-refractivity contribution in [2.45, 2.75) is 26.4 Å². The first-order valence-electron chi connectivity index (χ1n) is 4.30. The largest absolute Gasteiger partial charge is 0.459 e. The maximum absolute atomic E-state index is 11.4. The molecular formula is C8H17O4PS2. The lowest BCUT2D eigenvalue weighted by Gasteiger charge is -2.21. The van der Waals surface area contributed by atoms with Crippen molar-refractivity contribution in [2.24, 2.45) is 0 Å². The lowest BCUT2D eigenvalue weighted by atomic mass is 10.2. The van der Waals surface area contributed by atoms with Gasteiger partial charge in [-0.05, 0) is 32.6 Å². The minimum Gasteiger partial charge on any atom is -0.459 e. The molecule has 4 nitrogen and oxygen atoms in total. The van der Waals surface area contributed by atoms with Gasteiger partial charge < -0.3 is 13.8 Å². The quantitative estimate of drug-likeness (QED) is 0.566. The Labute approximate surface area is 100.0 Å². The van der Waals surface area contributed by atoms with Crippen molar-refractivity contribution in [3.63, 3.8) is 0 Å². The number of ether oxygens (including phenoxy) is 1. The lowest BCUT2D eigenvalue weighted by molar-refractivity contribution is -0.151. The molecule has 0 rings (SSSR count). The number of hydrogen-bond donors (Lipinski definition) is 0. The molecular weight excluding hydrogens is 255 g/mol. The second-order valence-corrected chi connectivity index (χ2v) is 10.2. The predicted molar refractivity (Wildman–Crippen MR) is 66.6 cm³/mol. The van der Waals surface area contributed by atoms with E-state index in [0.717, 1.165) is 0 Å². The topological polar surface area (TPSA) is 44.8 Å². The fourth-order valence-corrected chi connectivity index (χ4v) is 3.26. The highest BCUT2D eigenvalue weighted by Gasteiger charge is 2.21. The van der Waals surface area contributed by atoms with Gasteiger partial charge in [-0.2, -0.15) is 0 Å². The summed E-state index contributed by atoms with van der Waals surface area (Å²) in [6, 6.07) is 0. The first kappa shape index (κ1) is 15.4. The van der Waals surface area contributed by atoms with E-state index in [9.17, 15) is 4.79 Å². The van der Waals surface area contributed by atoms with Crippen molar-refractivity contribution in [2.75, 3.05) is 20.0 Å².